The van der Waals surface area contributed by atoms with Gasteiger partial charge in [0.25, 0.3) is 0 Å². The first-order valence-electron chi connectivity index (χ1n) is 2.10. The first-order chi connectivity index (χ1) is 6.00. The van der Waals surface area contributed by atoms with Gasteiger partial charge in [0.2, 0.25) is 0 Å². The van der Waals surface area contributed by atoms with Gasteiger partial charge in [0.05, 0.1) is 0 Å². The molecule has 0 rings (SSSR count). The molecule has 0 saturated carbocycles. The molecule has 0 aliphatic carbocycles. The first kappa shape index (κ1) is 37.1. The maximum atomic E-state index is 8.74. The van der Waals surface area contributed by atoms with Crippen LogP contribution in [0.15, 0.2) is 0 Å². The topological polar surface area (TPSA) is 224 Å². The van der Waals surface area contributed by atoms with Gasteiger partial charge in [-0.1, -0.05) is 0 Å². The second-order valence-corrected chi connectivity index (χ2v) is 4.03. The summed E-state index contributed by atoms with van der Waals surface area (Å²) in [6, 6.07) is 0. The van der Waals surface area contributed by atoms with Gasteiger partial charge < -0.3 is 4.28 Å². The summed E-state index contributed by atoms with van der Waals surface area (Å²) in [6.07, 6.45) is 0. The second-order valence-electron chi connectivity index (χ2n) is 1.34. The zero-order valence-corrected chi connectivity index (χ0v) is 18.7. The molecule has 0 heterocycles. The molecular weight excluding hydrogens is 417 g/mol. The zero-order valence-electron chi connectivity index (χ0n) is 11.8. The molecule has 104 valence electrons. The minimum atomic E-state index is -4.67. The molecule has 12 nitrogen and oxygen atoms in total. The summed E-state index contributed by atoms with van der Waals surface area (Å²) in [6.45, 7) is 0. The number of rotatable bonds is 0. The molecule has 0 unspecified atom stereocenters. The smallest absolute Gasteiger partial charge is 1.00 e. The van der Waals surface area contributed by atoms with Crippen LogP contribution in [0.2, 0.25) is 0 Å². The molecule has 6 N–H and O–H groups in total. The fourth-order valence-electron chi connectivity index (χ4n) is 0. The van der Waals surface area contributed by atoms with Gasteiger partial charge in [0.1, 0.15) is 0 Å². The van der Waals surface area contributed by atoms with Gasteiger partial charge in [0.15, 0.2) is 0 Å². The average Bonchev–Trinajstić information content (AvgIpc) is 1.41. The molecule has 0 radical (unpaired) electrons. The summed E-state index contributed by atoms with van der Waals surface area (Å²) < 4.78 is 94.8. The molecule has 0 bridgehead atoms. The van der Waals surface area contributed by atoms with Gasteiger partial charge in [-0.3, -0.25) is 27.3 Å². The van der Waals surface area contributed by atoms with Crippen LogP contribution in [0.25, 0.3) is 0 Å². The van der Waals surface area contributed by atoms with E-state index in [0.717, 1.165) is 0 Å². The van der Waals surface area contributed by atoms with Gasteiger partial charge in [-0.25, -0.2) is 0 Å². The average molecular weight is 426 g/mol. The number of hydrogen-bond donors (Lipinski definition) is 6. The van der Waals surface area contributed by atoms with E-state index in [1.807, 2.05) is 0 Å². The van der Waals surface area contributed by atoms with Crippen molar-refractivity contribution in [2.24, 2.45) is 0 Å². The summed E-state index contributed by atoms with van der Waals surface area (Å²) in [5.74, 6) is 0. The van der Waals surface area contributed by atoms with Gasteiger partial charge in [-0.15, -0.1) is 0 Å². The van der Waals surface area contributed by atoms with Crippen LogP contribution in [0.1, 0.15) is 4.28 Å². The summed E-state index contributed by atoms with van der Waals surface area (Å²) in [7, 11) is -14.0. The normalized spacial score (nSPS) is 9.67. The molecule has 18 heteroatoms. The molecule has 0 aromatic rings. The molecule has 0 fully saturated rings. The Kier molecular flexibility index (Phi) is 33.0. The van der Waals surface area contributed by atoms with E-state index in [1.54, 1.807) is 0 Å². The predicted octanol–water partition coefficient (Wildman–Crippen LogP) is -5.00. The van der Waals surface area contributed by atoms with E-state index in [-0.39, 0.29) is 98.2 Å². The van der Waals surface area contributed by atoms with E-state index in [2.05, 4.69) is 0 Å². The molecule has 0 saturated heterocycles. The van der Waals surface area contributed by atoms with Crippen molar-refractivity contribution < 1.29 is 128 Å². The Balaban J connectivity index is -0.0000000129. The molecule has 0 aliphatic heterocycles. The Morgan fingerprint density at radius 3 is 0.556 bits per heavy atom. The second kappa shape index (κ2) is 16.0. The third kappa shape index (κ3) is 834. The van der Waals surface area contributed by atoms with Crippen LogP contribution in [-0.2, 0) is 50.7 Å². The summed E-state index contributed by atoms with van der Waals surface area (Å²) in [4.78, 5) is 0. The molecule has 0 amide bonds. The van der Waals surface area contributed by atoms with Crippen molar-refractivity contribution in [2.75, 3.05) is 0 Å². The van der Waals surface area contributed by atoms with Crippen LogP contribution in [0.3, 0.4) is 0 Å². The van der Waals surface area contributed by atoms with Crippen molar-refractivity contribution in [3.63, 3.8) is 0 Å². The molecule has 0 aromatic heterocycles. The zero-order chi connectivity index (χ0) is 13.5. The van der Waals surface area contributed by atoms with Crippen molar-refractivity contribution >= 4 is 54.2 Å². The van der Waals surface area contributed by atoms with E-state index in [4.69, 9.17) is 52.6 Å². The Morgan fingerprint density at radius 1 is 0.556 bits per heavy atom. The van der Waals surface area contributed by atoms with E-state index >= 15 is 0 Å². The van der Waals surface area contributed by atoms with Gasteiger partial charge in [0, 0.05) is 19.5 Å². The molecule has 18 heavy (non-hydrogen) atoms. The fraction of sp³-hybridized carbons (Fsp3) is 0. The summed E-state index contributed by atoms with van der Waals surface area (Å²) >= 11 is 0. The van der Waals surface area contributed by atoms with E-state index in [0.29, 0.717) is 0 Å². The van der Waals surface area contributed by atoms with Gasteiger partial charge >= 0.3 is 106 Å². The first-order valence-corrected chi connectivity index (χ1v) is 6.29. The standard InChI is InChI=1S/K.Mg.3H2O4S.Zn.3H/c;;3*1-5(2,3)4;;;;/h;;3*(H2,1,2,3,4);;;;/q+1;+2;;;;;3*-1. The molecule has 0 atom stereocenters. The minimum absolute atomic E-state index is 0. The third-order valence-corrected chi connectivity index (χ3v) is 0. The summed E-state index contributed by atoms with van der Waals surface area (Å²) in [5, 5.41) is 0. The fourth-order valence-corrected chi connectivity index (χ4v) is 0. The SMILES string of the molecule is O=S(=O)(O)O.O=S(=O)(O)O.O=S(=O)(O)O.[H-].[H-].[H-].[K+].[Mg+2].[Zn]. The quantitative estimate of drug-likeness (QED) is 0.158. The predicted molar refractivity (Wildman–Crippen MR) is 51.6 cm³/mol. The monoisotopic (exact) mass is 424 g/mol. The molecular formula is H9KMgO12S3Zn. The maximum absolute atomic E-state index is 8.74. The minimum Gasteiger partial charge on any atom is -1.00 e. The molecule has 0 aliphatic rings. The van der Waals surface area contributed by atoms with Crippen molar-refractivity contribution in [2.45, 2.75) is 0 Å². The van der Waals surface area contributed by atoms with Crippen molar-refractivity contribution in [1.82, 2.24) is 0 Å². The van der Waals surface area contributed by atoms with E-state index in [9.17, 15) is 0 Å². The summed E-state index contributed by atoms with van der Waals surface area (Å²) in [5.41, 5.74) is 0. The van der Waals surface area contributed by atoms with Crippen LogP contribution in [0.5, 0.6) is 0 Å². The van der Waals surface area contributed by atoms with Gasteiger partial charge in [-0.2, -0.15) is 25.3 Å². The van der Waals surface area contributed by atoms with Crippen LogP contribution >= 0.6 is 0 Å². The van der Waals surface area contributed by atoms with Crippen molar-refractivity contribution in [1.29, 1.82) is 0 Å². The van der Waals surface area contributed by atoms with Crippen molar-refractivity contribution in [3.05, 3.63) is 0 Å². The van der Waals surface area contributed by atoms with Crippen LogP contribution in [0.4, 0.5) is 0 Å². The molecule has 0 aromatic carbocycles. The van der Waals surface area contributed by atoms with Crippen LogP contribution < -0.4 is 51.4 Å². The van der Waals surface area contributed by atoms with Crippen LogP contribution in [-0.4, -0.2) is 75.6 Å². The number of hydrogen-bond acceptors (Lipinski definition) is 6. The Hall–Kier alpha value is 2.64. The van der Waals surface area contributed by atoms with Crippen LogP contribution in [0, 0.1) is 0 Å². The molecule has 0 spiro atoms. The largest absolute Gasteiger partial charge is 2.00 e. The van der Waals surface area contributed by atoms with Gasteiger partial charge in [-0.05, 0) is 0 Å². The Labute approximate surface area is 179 Å². The Morgan fingerprint density at radius 2 is 0.556 bits per heavy atom. The van der Waals surface area contributed by atoms with E-state index in [1.165, 1.54) is 0 Å². The maximum Gasteiger partial charge on any atom is 2.00 e. The van der Waals surface area contributed by atoms with E-state index < -0.39 is 31.2 Å². The Bertz CT molecular complexity index is 361. The third-order valence-electron chi connectivity index (χ3n) is 0. The van der Waals surface area contributed by atoms with Crippen molar-refractivity contribution in [3.8, 4) is 0 Å².